The number of benzene rings is 3. The van der Waals surface area contributed by atoms with Gasteiger partial charge in [-0.05, 0) is 22.9 Å². The van der Waals surface area contributed by atoms with Gasteiger partial charge in [0.2, 0.25) is 0 Å². The zero-order chi connectivity index (χ0) is 14.7. The monoisotopic (exact) mass is 340 g/mol. The molecule has 2 nitrogen and oxygen atoms in total. The van der Waals surface area contributed by atoms with Crippen LogP contribution in [0.5, 0.6) is 5.75 Å². The molecule has 0 aliphatic rings. The fraction of sp³-hybridized carbons (Fsp3) is 0.0556. The Bertz CT molecular complexity index is 796. The maximum Gasteiger partial charge on any atom is 0.154 e. The van der Waals surface area contributed by atoms with Gasteiger partial charge in [0.25, 0.3) is 0 Å². The molecule has 0 unspecified atom stereocenters. The number of hydrogen-bond donors (Lipinski definition) is 0. The highest BCUT2D eigenvalue weighted by atomic mass is 79.9. The Labute approximate surface area is 131 Å². The van der Waals surface area contributed by atoms with Crippen molar-refractivity contribution in [2.45, 2.75) is 6.61 Å². The second kappa shape index (κ2) is 6.10. The lowest BCUT2D eigenvalue weighted by Crippen LogP contribution is -1.99. The molecule has 3 aromatic carbocycles. The van der Waals surface area contributed by atoms with Crippen LogP contribution < -0.4 is 4.74 Å². The van der Waals surface area contributed by atoms with Crippen molar-refractivity contribution < 1.29 is 9.53 Å². The minimum absolute atomic E-state index is 0.417. The molecule has 0 radical (unpaired) electrons. The van der Waals surface area contributed by atoms with Crippen LogP contribution >= 0.6 is 15.9 Å². The van der Waals surface area contributed by atoms with E-state index in [1.54, 1.807) is 0 Å². The van der Waals surface area contributed by atoms with E-state index in [4.69, 9.17) is 4.74 Å². The standard InChI is InChI=1S/C18H13BrO2/c19-17-8-4-2-6-14(17)12-21-18-10-9-13-5-1-3-7-15(13)16(18)11-20/h1-11H,12H2. The largest absolute Gasteiger partial charge is 0.488 e. The number of ether oxygens (including phenoxy) is 1. The molecule has 0 atom stereocenters. The summed E-state index contributed by atoms with van der Waals surface area (Å²) in [5.74, 6) is 0.611. The van der Waals surface area contributed by atoms with Crippen LogP contribution in [0.15, 0.2) is 65.1 Å². The lowest BCUT2D eigenvalue weighted by molar-refractivity contribution is 0.112. The lowest BCUT2D eigenvalue weighted by atomic mass is 10.0. The first-order valence-electron chi connectivity index (χ1n) is 6.63. The number of carbonyl (C=O) groups is 1. The van der Waals surface area contributed by atoms with Crippen molar-refractivity contribution in [3.05, 3.63) is 76.3 Å². The molecule has 3 heteroatoms. The molecule has 3 rings (SSSR count). The smallest absolute Gasteiger partial charge is 0.154 e. The number of carbonyl (C=O) groups excluding carboxylic acids is 1. The number of hydrogen-bond acceptors (Lipinski definition) is 2. The minimum atomic E-state index is 0.417. The van der Waals surface area contributed by atoms with Crippen LogP contribution in [0.3, 0.4) is 0 Å². The van der Waals surface area contributed by atoms with E-state index in [1.165, 1.54) is 0 Å². The summed E-state index contributed by atoms with van der Waals surface area (Å²) in [7, 11) is 0. The Morgan fingerprint density at radius 1 is 0.952 bits per heavy atom. The molecule has 0 N–H and O–H groups in total. The molecular weight excluding hydrogens is 328 g/mol. The van der Waals surface area contributed by atoms with Crippen molar-refractivity contribution in [1.82, 2.24) is 0 Å². The fourth-order valence-corrected chi connectivity index (χ4v) is 2.69. The highest BCUT2D eigenvalue weighted by Gasteiger charge is 2.08. The molecule has 0 aromatic heterocycles. The number of aldehydes is 1. The van der Waals surface area contributed by atoms with Gasteiger partial charge in [0.1, 0.15) is 12.4 Å². The van der Waals surface area contributed by atoms with Gasteiger partial charge in [-0.25, -0.2) is 0 Å². The highest BCUT2D eigenvalue weighted by Crippen LogP contribution is 2.28. The first kappa shape index (κ1) is 13.8. The molecule has 3 aromatic rings. The third-order valence-corrected chi connectivity index (χ3v) is 4.16. The van der Waals surface area contributed by atoms with E-state index in [1.807, 2.05) is 60.7 Å². The Hall–Kier alpha value is -2.13. The van der Waals surface area contributed by atoms with Crippen LogP contribution in [-0.4, -0.2) is 6.29 Å². The van der Waals surface area contributed by atoms with E-state index >= 15 is 0 Å². The Kier molecular flexibility index (Phi) is 4.02. The second-order valence-corrected chi connectivity index (χ2v) is 5.55. The molecule has 0 fully saturated rings. The quantitative estimate of drug-likeness (QED) is 0.625. The summed E-state index contributed by atoms with van der Waals surface area (Å²) in [6.07, 6.45) is 0.859. The van der Waals surface area contributed by atoms with E-state index in [9.17, 15) is 4.79 Å². The van der Waals surface area contributed by atoms with Gasteiger partial charge in [-0.2, -0.15) is 0 Å². The first-order chi connectivity index (χ1) is 10.3. The van der Waals surface area contributed by atoms with Crippen molar-refractivity contribution in [2.24, 2.45) is 0 Å². The maximum absolute atomic E-state index is 11.4. The summed E-state index contributed by atoms with van der Waals surface area (Å²) >= 11 is 3.50. The molecule has 0 saturated heterocycles. The molecule has 0 aliphatic heterocycles. The molecule has 0 spiro atoms. The Balaban J connectivity index is 1.94. The van der Waals surface area contributed by atoms with E-state index in [0.29, 0.717) is 17.9 Å². The van der Waals surface area contributed by atoms with Gasteiger partial charge in [0.15, 0.2) is 6.29 Å². The van der Waals surface area contributed by atoms with E-state index < -0.39 is 0 Å². The third kappa shape index (κ3) is 2.83. The number of rotatable bonds is 4. The predicted molar refractivity (Wildman–Crippen MR) is 87.8 cm³/mol. The summed E-state index contributed by atoms with van der Waals surface area (Å²) in [5.41, 5.74) is 1.64. The Morgan fingerprint density at radius 2 is 1.71 bits per heavy atom. The topological polar surface area (TPSA) is 26.3 Å². The van der Waals surface area contributed by atoms with Crippen LogP contribution in [-0.2, 0) is 6.61 Å². The average molecular weight is 341 g/mol. The summed E-state index contributed by atoms with van der Waals surface area (Å²) in [4.78, 5) is 11.4. The van der Waals surface area contributed by atoms with Crippen molar-refractivity contribution >= 4 is 33.0 Å². The van der Waals surface area contributed by atoms with Crippen LogP contribution in [0.4, 0.5) is 0 Å². The minimum Gasteiger partial charge on any atom is -0.488 e. The van der Waals surface area contributed by atoms with Gasteiger partial charge in [-0.15, -0.1) is 0 Å². The predicted octanol–water partition coefficient (Wildman–Crippen LogP) is 4.99. The fourth-order valence-electron chi connectivity index (χ4n) is 2.29. The molecule has 0 amide bonds. The van der Waals surface area contributed by atoms with Crippen molar-refractivity contribution in [3.63, 3.8) is 0 Å². The van der Waals surface area contributed by atoms with Gasteiger partial charge < -0.3 is 4.74 Å². The average Bonchev–Trinajstić information content (AvgIpc) is 2.53. The summed E-state index contributed by atoms with van der Waals surface area (Å²) in [6, 6.07) is 19.5. The third-order valence-electron chi connectivity index (χ3n) is 3.39. The van der Waals surface area contributed by atoms with Gasteiger partial charge in [0, 0.05) is 10.0 Å². The molecular formula is C18H13BrO2. The summed E-state index contributed by atoms with van der Waals surface area (Å²) < 4.78 is 6.84. The summed E-state index contributed by atoms with van der Waals surface area (Å²) in [6.45, 7) is 0.417. The van der Waals surface area contributed by atoms with E-state index in [2.05, 4.69) is 15.9 Å². The highest BCUT2D eigenvalue weighted by molar-refractivity contribution is 9.10. The van der Waals surface area contributed by atoms with Crippen LogP contribution in [0.2, 0.25) is 0 Å². The second-order valence-electron chi connectivity index (χ2n) is 4.70. The van der Waals surface area contributed by atoms with Crippen molar-refractivity contribution in [2.75, 3.05) is 0 Å². The van der Waals surface area contributed by atoms with Gasteiger partial charge in [-0.1, -0.05) is 64.5 Å². The zero-order valence-corrected chi connectivity index (χ0v) is 12.8. The summed E-state index contributed by atoms with van der Waals surface area (Å²) in [5, 5.41) is 1.95. The van der Waals surface area contributed by atoms with E-state index in [-0.39, 0.29) is 0 Å². The molecule has 0 bridgehead atoms. The SMILES string of the molecule is O=Cc1c(OCc2ccccc2Br)ccc2ccccc12. The Morgan fingerprint density at radius 3 is 2.52 bits per heavy atom. The molecule has 0 saturated carbocycles. The van der Waals surface area contributed by atoms with Gasteiger partial charge >= 0.3 is 0 Å². The van der Waals surface area contributed by atoms with Crippen LogP contribution in [0.25, 0.3) is 10.8 Å². The van der Waals surface area contributed by atoms with Crippen molar-refractivity contribution in [3.8, 4) is 5.75 Å². The van der Waals surface area contributed by atoms with Crippen LogP contribution in [0, 0.1) is 0 Å². The van der Waals surface area contributed by atoms with Gasteiger partial charge in [0.05, 0.1) is 5.56 Å². The molecule has 21 heavy (non-hydrogen) atoms. The molecule has 104 valence electrons. The van der Waals surface area contributed by atoms with E-state index in [0.717, 1.165) is 27.1 Å². The van der Waals surface area contributed by atoms with Gasteiger partial charge in [-0.3, -0.25) is 4.79 Å². The van der Waals surface area contributed by atoms with Crippen molar-refractivity contribution in [1.29, 1.82) is 0 Å². The zero-order valence-electron chi connectivity index (χ0n) is 11.3. The molecule has 0 aliphatic carbocycles. The number of halogens is 1. The van der Waals surface area contributed by atoms with Crippen LogP contribution in [0.1, 0.15) is 15.9 Å². The molecule has 0 heterocycles. The maximum atomic E-state index is 11.4. The first-order valence-corrected chi connectivity index (χ1v) is 7.42. The lowest BCUT2D eigenvalue weighted by Gasteiger charge is -2.11. The number of fused-ring (bicyclic) bond motifs is 1. The normalized spacial score (nSPS) is 10.5.